The lowest BCUT2D eigenvalue weighted by atomic mass is 9.80. The second-order valence-electron chi connectivity index (χ2n) is 5.52. The molecule has 4 nitrogen and oxygen atoms in total. The van der Waals surface area contributed by atoms with Crippen molar-refractivity contribution in [2.45, 2.75) is 12.0 Å². The zero-order valence-electron chi connectivity index (χ0n) is 12.4. The molecule has 0 fully saturated rings. The Labute approximate surface area is 148 Å². The summed E-state index contributed by atoms with van der Waals surface area (Å²) in [6, 6.07) is 10.6. The Balaban J connectivity index is 2.18. The number of carbonyl (C=O) groups excluding carboxylic acids is 1. The summed E-state index contributed by atoms with van der Waals surface area (Å²) in [5, 5.41) is 12.5. The molecule has 1 atom stereocenters. The number of benzene rings is 2. The van der Waals surface area contributed by atoms with Crippen molar-refractivity contribution in [2.24, 2.45) is 0 Å². The summed E-state index contributed by atoms with van der Waals surface area (Å²) in [4.78, 5) is 22.9. The summed E-state index contributed by atoms with van der Waals surface area (Å²) < 4.78 is 0. The molecule has 0 unspecified atom stereocenters. The predicted molar refractivity (Wildman–Crippen MR) is 93.6 cm³/mol. The zero-order valence-corrected chi connectivity index (χ0v) is 13.9. The molecule has 0 saturated carbocycles. The Morgan fingerprint density at radius 1 is 1.21 bits per heavy atom. The summed E-state index contributed by atoms with van der Waals surface area (Å²) in [7, 11) is 0. The highest BCUT2D eigenvalue weighted by molar-refractivity contribution is 6.35. The fraction of sp³-hybridized carbons (Fsp3) is 0.111. The minimum absolute atomic E-state index is 0.522. The first kappa shape index (κ1) is 16.6. The molecule has 0 saturated heterocycles. The molecule has 0 spiro atoms. The molecule has 1 aliphatic carbocycles. The summed E-state index contributed by atoms with van der Waals surface area (Å²) >= 11 is 12.3. The number of carboxylic acid groups (broad SMARTS) is 1. The fourth-order valence-electron chi connectivity index (χ4n) is 2.91. The number of halogens is 2. The Morgan fingerprint density at radius 2 is 2.00 bits per heavy atom. The molecular formula is C18H13Cl2NO3. The van der Waals surface area contributed by atoms with Gasteiger partial charge in [0, 0.05) is 15.6 Å². The normalized spacial score (nSPS) is 18.8. The van der Waals surface area contributed by atoms with Gasteiger partial charge in [0.15, 0.2) is 6.29 Å². The Bertz CT molecular complexity index is 863. The van der Waals surface area contributed by atoms with Gasteiger partial charge >= 0.3 is 6.09 Å². The van der Waals surface area contributed by atoms with Gasteiger partial charge in [0.2, 0.25) is 0 Å². The van der Waals surface area contributed by atoms with E-state index in [0.29, 0.717) is 28.3 Å². The predicted octanol–water partition coefficient (Wildman–Crippen LogP) is 4.43. The van der Waals surface area contributed by atoms with Gasteiger partial charge in [-0.2, -0.15) is 0 Å². The molecule has 2 aromatic rings. The summed E-state index contributed by atoms with van der Waals surface area (Å²) in [5.74, 6) is 0. The SMILES string of the molecule is O=C[C@]1(NC(=O)O)C=CCc2ccc(-c3cc(Cl)ccc3Cl)cc21. The standard InChI is InChI=1S/C18H13Cl2NO3/c19-13-5-6-16(20)14(9-13)12-4-3-11-2-1-7-18(10-22,15(11)8-12)21-17(23)24/h1,3-10,21H,2H2,(H,23,24)/t18-/m1/s1. The molecule has 2 aromatic carbocycles. The number of nitrogens with one attached hydrogen (secondary N) is 1. The van der Waals surface area contributed by atoms with Gasteiger partial charge in [-0.3, -0.25) is 4.79 Å². The molecule has 122 valence electrons. The Morgan fingerprint density at radius 3 is 2.71 bits per heavy atom. The minimum Gasteiger partial charge on any atom is -0.465 e. The first-order chi connectivity index (χ1) is 11.4. The van der Waals surface area contributed by atoms with E-state index in [1.807, 2.05) is 12.1 Å². The monoisotopic (exact) mass is 361 g/mol. The van der Waals surface area contributed by atoms with Crippen molar-refractivity contribution in [2.75, 3.05) is 0 Å². The number of hydrogen-bond acceptors (Lipinski definition) is 2. The van der Waals surface area contributed by atoms with Gasteiger partial charge < -0.3 is 10.4 Å². The topological polar surface area (TPSA) is 66.4 Å². The third-order valence-corrected chi connectivity index (χ3v) is 4.58. The number of allylic oxidation sites excluding steroid dienone is 1. The summed E-state index contributed by atoms with van der Waals surface area (Å²) in [6.45, 7) is 0. The van der Waals surface area contributed by atoms with Crippen LogP contribution in [0.25, 0.3) is 11.1 Å². The second-order valence-corrected chi connectivity index (χ2v) is 6.36. The van der Waals surface area contributed by atoms with Crippen molar-refractivity contribution in [1.29, 1.82) is 0 Å². The highest BCUT2D eigenvalue weighted by Gasteiger charge is 2.35. The Kier molecular flexibility index (Phi) is 4.35. The first-order valence-corrected chi connectivity index (χ1v) is 7.95. The van der Waals surface area contributed by atoms with Gasteiger partial charge in [0.1, 0.15) is 5.54 Å². The smallest absolute Gasteiger partial charge is 0.405 e. The van der Waals surface area contributed by atoms with Crippen LogP contribution < -0.4 is 5.32 Å². The van der Waals surface area contributed by atoms with Crippen LogP contribution in [0.4, 0.5) is 4.79 Å². The van der Waals surface area contributed by atoms with Crippen LogP contribution in [0.3, 0.4) is 0 Å². The van der Waals surface area contributed by atoms with E-state index >= 15 is 0 Å². The van der Waals surface area contributed by atoms with Crippen molar-refractivity contribution in [3.05, 3.63) is 69.7 Å². The first-order valence-electron chi connectivity index (χ1n) is 7.19. The summed E-state index contributed by atoms with van der Waals surface area (Å²) in [5.41, 5.74) is 1.54. The molecule has 6 heteroatoms. The van der Waals surface area contributed by atoms with Gasteiger partial charge in [0.05, 0.1) is 0 Å². The van der Waals surface area contributed by atoms with Crippen LogP contribution in [0.1, 0.15) is 11.1 Å². The highest BCUT2D eigenvalue weighted by Crippen LogP contribution is 2.36. The third kappa shape index (κ3) is 2.90. The van der Waals surface area contributed by atoms with Crippen molar-refractivity contribution in [1.82, 2.24) is 5.32 Å². The second kappa shape index (κ2) is 6.30. The van der Waals surface area contributed by atoms with Gasteiger partial charge in [-0.1, -0.05) is 47.5 Å². The molecule has 0 radical (unpaired) electrons. The Hall–Kier alpha value is -2.30. The third-order valence-electron chi connectivity index (χ3n) is 4.01. The van der Waals surface area contributed by atoms with Gasteiger partial charge in [-0.15, -0.1) is 0 Å². The van der Waals surface area contributed by atoms with E-state index in [2.05, 4.69) is 5.32 Å². The lowest BCUT2D eigenvalue weighted by Gasteiger charge is -2.30. The van der Waals surface area contributed by atoms with E-state index in [9.17, 15) is 9.59 Å². The van der Waals surface area contributed by atoms with Crippen LogP contribution in [0.5, 0.6) is 0 Å². The van der Waals surface area contributed by atoms with E-state index in [4.69, 9.17) is 28.3 Å². The van der Waals surface area contributed by atoms with Crippen LogP contribution >= 0.6 is 23.2 Å². The maximum atomic E-state index is 11.7. The zero-order chi connectivity index (χ0) is 17.3. The largest absolute Gasteiger partial charge is 0.465 e. The molecule has 0 aliphatic heterocycles. The van der Waals surface area contributed by atoms with Crippen molar-refractivity contribution in [3.63, 3.8) is 0 Å². The number of fused-ring (bicyclic) bond motifs is 1. The molecule has 0 aromatic heterocycles. The lowest BCUT2D eigenvalue weighted by Crippen LogP contribution is -2.46. The van der Waals surface area contributed by atoms with Crippen molar-refractivity contribution in [3.8, 4) is 11.1 Å². The van der Waals surface area contributed by atoms with Crippen LogP contribution in [0, 0.1) is 0 Å². The van der Waals surface area contributed by atoms with Gasteiger partial charge in [-0.25, -0.2) is 4.79 Å². The van der Waals surface area contributed by atoms with Crippen LogP contribution in [0.2, 0.25) is 10.0 Å². The van der Waals surface area contributed by atoms with E-state index in [-0.39, 0.29) is 0 Å². The van der Waals surface area contributed by atoms with Crippen LogP contribution in [-0.2, 0) is 16.8 Å². The quantitative estimate of drug-likeness (QED) is 0.627. The van der Waals surface area contributed by atoms with E-state index in [0.717, 1.165) is 16.7 Å². The number of rotatable bonds is 3. The maximum absolute atomic E-state index is 11.7. The maximum Gasteiger partial charge on any atom is 0.405 e. The van der Waals surface area contributed by atoms with Crippen LogP contribution in [0.15, 0.2) is 48.6 Å². The molecule has 3 rings (SSSR count). The minimum atomic E-state index is -1.40. The van der Waals surface area contributed by atoms with Gasteiger partial charge in [-0.05, 0) is 47.4 Å². The molecule has 1 amide bonds. The average molecular weight is 362 g/mol. The van der Waals surface area contributed by atoms with Crippen molar-refractivity contribution >= 4 is 35.6 Å². The summed E-state index contributed by atoms with van der Waals surface area (Å²) in [6.07, 6.45) is 3.29. The number of amides is 1. The molecule has 1 aliphatic rings. The molecule has 0 heterocycles. The molecule has 24 heavy (non-hydrogen) atoms. The molecule has 2 N–H and O–H groups in total. The fourth-order valence-corrected chi connectivity index (χ4v) is 3.30. The van der Waals surface area contributed by atoms with Crippen molar-refractivity contribution < 1.29 is 14.7 Å². The van der Waals surface area contributed by atoms with Crippen LogP contribution in [-0.4, -0.2) is 17.5 Å². The number of carbonyl (C=O) groups is 2. The lowest BCUT2D eigenvalue weighted by molar-refractivity contribution is -0.112. The van der Waals surface area contributed by atoms with E-state index in [1.165, 1.54) is 0 Å². The van der Waals surface area contributed by atoms with Gasteiger partial charge in [0.25, 0.3) is 0 Å². The molecule has 0 bridgehead atoms. The number of hydrogen-bond donors (Lipinski definition) is 2. The highest BCUT2D eigenvalue weighted by atomic mass is 35.5. The van der Waals surface area contributed by atoms with E-state index < -0.39 is 11.6 Å². The number of aldehydes is 1. The molecular weight excluding hydrogens is 349 g/mol. The van der Waals surface area contributed by atoms with E-state index in [1.54, 1.807) is 36.4 Å². The average Bonchev–Trinajstić information content (AvgIpc) is 2.56.